The maximum Gasteiger partial charge on any atom is 0.156 e. The number of hydrogen-bond donors (Lipinski definition) is 0. The summed E-state index contributed by atoms with van der Waals surface area (Å²) in [5.41, 5.74) is 0. The van der Waals surface area contributed by atoms with E-state index >= 15 is 0 Å². The zero-order valence-electron chi connectivity index (χ0n) is 14.8. The maximum atomic E-state index is 13.4. The van der Waals surface area contributed by atoms with E-state index in [1.54, 1.807) is 0 Å². The molecule has 0 amide bonds. The van der Waals surface area contributed by atoms with Gasteiger partial charge in [0.1, 0.15) is 0 Å². The Kier molecular flexibility index (Phi) is 5.67. The van der Waals surface area contributed by atoms with Crippen molar-refractivity contribution in [2.24, 2.45) is 0 Å². The predicted molar refractivity (Wildman–Crippen MR) is 92.4 cm³/mol. The smallest absolute Gasteiger partial charge is 0.156 e. The van der Waals surface area contributed by atoms with Crippen molar-refractivity contribution in [2.45, 2.75) is 86.3 Å². The first-order valence-corrected chi connectivity index (χ1v) is 11.4. The fraction of sp³-hybridized carbons (Fsp3) is 1.00. The summed E-state index contributed by atoms with van der Waals surface area (Å²) in [6.45, 7) is 3.11. The Morgan fingerprint density at radius 2 is 1.04 bits per heavy atom. The molecule has 0 bridgehead atoms. The molecule has 0 aliphatic carbocycles. The van der Waals surface area contributed by atoms with Crippen molar-refractivity contribution < 1.29 is 27.4 Å². The van der Waals surface area contributed by atoms with E-state index in [0.29, 0.717) is 38.3 Å². The topological polar surface area (TPSA) is 84.3 Å². The van der Waals surface area contributed by atoms with E-state index in [9.17, 15) is 8.42 Å². The molecule has 4 saturated heterocycles. The van der Waals surface area contributed by atoms with Gasteiger partial charge in [-0.05, 0) is 51.4 Å². The Morgan fingerprint density at radius 1 is 0.680 bits per heavy atom. The lowest BCUT2D eigenvalue weighted by molar-refractivity contribution is 0.366. The van der Waals surface area contributed by atoms with Crippen LogP contribution >= 0.6 is 0 Å². The molecule has 0 aromatic heterocycles. The Labute approximate surface area is 150 Å². The molecular formula is C18H30O6S. The molecule has 7 heteroatoms. The molecule has 4 aliphatic rings. The van der Waals surface area contributed by atoms with Gasteiger partial charge in [-0.2, -0.15) is 0 Å². The number of ether oxygens (including phenoxy) is 4. The van der Waals surface area contributed by atoms with Crippen LogP contribution in [0.2, 0.25) is 0 Å². The number of rotatable bonds is 14. The van der Waals surface area contributed by atoms with Crippen LogP contribution in [0.1, 0.15) is 51.4 Å². The number of sulfone groups is 1. The summed E-state index contributed by atoms with van der Waals surface area (Å²) in [6.07, 6.45) is 7.61. The van der Waals surface area contributed by atoms with Crippen LogP contribution in [0.5, 0.6) is 0 Å². The van der Waals surface area contributed by atoms with E-state index < -0.39 is 9.84 Å². The molecule has 144 valence electrons. The lowest BCUT2D eigenvalue weighted by atomic mass is 10.1. The van der Waals surface area contributed by atoms with Crippen LogP contribution in [0.25, 0.3) is 0 Å². The highest BCUT2D eigenvalue weighted by Gasteiger charge is 2.41. The highest BCUT2D eigenvalue weighted by molar-refractivity contribution is 7.92. The molecule has 0 aromatic rings. The van der Waals surface area contributed by atoms with Gasteiger partial charge in [-0.1, -0.05) is 0 Å². The molecule has 4 fully saturated rings. The Morgan fingerprint density at radius 3 is 1.36 bits per heavy atom. The van der Waals surface area contributed by atoms with Crippen LogP contribution in [-0.2, 0) is 28.8 Å². The minimum absolute atomic E-state index is 0.148. The zero-order valence-corrected chi connectivity index (χ0v) is 15.6. The SMILES string of the molecule is O=S(=O)(C(CCCC1CO1)CC1CO1)C(CCCC1CO1)CC1CO1. The largest absolute Gasteiger partial charge is 0.373 e. The van der Waals surface area contributed by atoms with Gasteiger partial charge in [-0.3, -0.25) is 0 Å². The van der Waals surface area contributed by atoms with Gasteiger partial charge in [0.05, 0.1) is 61.3 Å². The Balaban J connectivity index is 1.35. The quantitative estimate of drug-likeness (QED) is 0.432. The van der Waals surface area contributed by atoms with Crippen molar-refractivity contribution in [3.8, 4) is 0 Å². The molecule has 4 aliphatic heterocycles. The first-order chi connectivity index (χ1) is 12.1. The van der Waals surface area contributed by atoms with E-state index in [0.717, 1.165) is 51.7 Å². The third kappa shape index (κ3) is 5.89. The molecule has 4 heterocycles. The van der Waals surface area contributed by atoms with Gasteiger partial charge in [0.25, 0.3) is 0 Å². The summed E-state index contributed by atoms with van der Waals surface area (Å²) >= 11 is 0. The molecule has 6 unspecified atom stereocenters. The Hall–Kier alpha value is -0.210. The van der Waals surface area contributed by atoms with Crippen LogP contribution in [-0.4, -0.2) is 69.8 Å². The Bertz CT molecular complexity index is 492. The minimum Gasteiger partial charge on any atom is -0.373 e. The second-order valence-corrected chi connectivity index (χ2v) is 10.5. The van der Waals surface area contributed by atoms with Crippen molar-refractivity contribution in [1.82, 2.24) is 0 Å². The number of hydrogen-bond acceptors (Lipinski definition) is 6. The average molecular weight is 374 g/mol. The highest BCUT2D eigenvalue weighted by Crippen LogP contribution is 2.33. The fourth-order valence-corrected chi connectivity index (χ4v) is 6.22. The summed E-state index contributed by atoms with van der Waals surface area (Å²) < 4.78 is 47.9. The standard InChI is InChI=1S/C18H30O6S/c19-25(20,17(7-15-11-23-15)5-1-3-13-9-21-13)18(8-16-12-24-16)6-2-4-14-10-22-14/h13-18H,1-12H2. The molecule has 0 aromatic carbocycles. The van der Waals surface area contributed by atoms with Gasteiger partial charge >= 0.3 is 0 Å². The van der Waals surface area contributed by atoms with Gasteiger partial charge in [0, 0.05) is 0 Å². The summed E-state index contributed by atoms with van der Waals surface area (Å²) in [5, 5.41) is -0.556. The van der Waals surface area contributed by atoms with Crippen LogP contribution in [0, 0.1) is 0 Å². The third-order valence-electron chi connectivity index (χ3n) is 5.69. The predicted octanol–water partition coefficient (Wildman–Crippen LogP) is 1.85. The van der Waals surface area contributed by atoms with Gasteiger partial charge in [-0.15, -0.1) is 0 Å². The van der Waals surface area contributed by atoms with E-state index in [1.165, 1.54) is 0 Å². The molecule has 0 saturated carbocycles. The van der Waals surface area contributed by atoms with Gasteiger partial charge in [0.15, 0.2) is 9.84 Å². The van der Waals surface area contributed by atoms with E-state index in [2.05, 4.69) is 0 Å². The van der Waals surface area contributed by atoms with Crippen molar-refractivity contribution in [3.05, 3.63) is 0 Å². The van der Waals surface area contributed by atoms with Gasteiger partial charge in [0.2, 0.25) is 0 Å². The third-order valence-corrected chi connectivity index (χ3v) is 8.41. The molecular weight excluding hydrogens is 344 g/mol. The van der Waals surface area contributed by atoms with Crippen LogP contribution < -0.4 is 0 Å². The normalized spacial score (nSPS) is 35.2. The van der Waals surface area contributed by atoms with E-state index in [-0.39, 0.29) is 22.7 Å². The molecule has 0 N–H and O–H groups in total. The molecule has 4 rings (SSSR count). The van der Waals surface area contributed by atoms with Crippen LogP contribution in [0.3, 0.4) is 0 Å². The van der Waals surface area contributed by atoms with E-state index in [1.807, 2.05) is 0 Å². The second kappa shape index (κ2) is 7.80. The monoisotopic (exact) mass is 374 g/mol. The van der Waals surface area contributed by atoms with Crippen molar-refractivity contribution in [1.29, 1.82) is 0 Å². The fourth-order valence-electron chi connectivity index (χ4n) is 3.72. The summed E-state index contributed by atoms with van der Waals surface area (Å²) in [4.78, 5) is 0. The zero-order chi connectivity index (χ0) is 17.3. The molecule has 6 nitrogen and oxygen atoms in total. The maximum absolute atomic E-state index is 13.4. The lowest BCUT2D eigenvalue weighted by Gasteiger charge is -2.24. The molecule has 25 heavy (non-hydrogen) atoms. The van der Waals surface area contributed by atoms with Gasteiger partial charge < -0.3 is 18.9 Å². The second-order valence-electron chi connectivity index (χ2n) is 7.99. The highest BCUT2D eigenvalue weighted by atomic mass is 32.2. The van der Waals surface area contributed by atoms with Crippen LogP contribution in [0.4, 0.5) is 0 Å². The van der Waals surface area contributed by atoms with Crippen molar-refractivity contribution >= 4 is 9.84 Å². The first kappa shape index (κ1) is 18.2. The lowest BCUT2D eigenvalue weighted by Crippen LogP contribution is -2.34. The van der Waals surface area contributed by atoms with Crippen molar-refractivity contribution in [3.63, 3.8) is 0 Å². The molecule has 0 spiro atoms. The van der Waals surface area contributed by atoms with Crippen LogP contribution in [0.15, 0.2) is 0 Å². The first-order valence-electron chi connectivity index (χ1n) is 9.80. The molecule has 6 atom stereocenters. The number of epoxide rings is 4. The summed E-state index contributed by atoms with van der Waals surface area (Å²) in [7, 11) is -3.17. The minimum atomic E-state index is -3.17. The summed E-state index contributed by atoms with van der Waals surface area (Å²) in [5.74, 6) is 0. The van der Waals surface area contributed by atoms with Gasteiger partial charge in [-0.25, -0.2) is 8.42 Å². The van der Waals surface area contributed by atoms with Crippen molar-refractivity contribution in [2.75, 3.05) is 26.4 Å². The molecule has 0 radical (unpaired) electrons. The van der Waals surface area contributed by atoms with E-state index in [4.69, 9.17) is 18.9 Å². The summed E-state index contributed by atoms with van der Waals surface area (Å²) in [6, 6.07) is 0. The average Bonchev–Trinajstić information content (AvgIpc) is 3.43.